The van der Waals surface area contributed by atoms with E-state index < -0.39 is 0 Å². The lowest BCUT2D eigenvalue weighted by Gasteiger charge is -2.26. The van der Waals surface area contributed by atoms with Crippen LogP contribution in [0.4, 0.5) is 6.01 Å². The van der Waals surface area contributed by atoms with Gasteiger partial charge in [-0.15, -0.1) is 0 Å². The summed E-state index contributed by atoms with van der Waals surface area (Å²) in [5.41, 5.74) is -0.0394. The Morgan fingerprint density at radius 3 is 2.78 bits per heavy atom. The fourth-order valence-corrected chi connectivity index (χ4v) is 2.67. The Hall–Kier alpha value is -1.06. The normalized spacial score (nSPS) is 25.1. The SMILES string of the molecule is CCC1CCCC(c2noc(NC(C)(C)C)n2)C1. The third kappa shape index (κ3) is 3.47. The first-order valence-electron chi connectivity index (χ1n) is 7.09. The van der Waals surface area contributed by atoms with E-state index in [1.807, 2.05) is 0 Å². The minimum atomic E-state index is -0.0394. The van der Waals surface area contributed by atoms with Gasteiger partial charge in [0.2, 0.25) is 0 Å². The van der Waals surface area contributed by atoms with Crippen LogP contribution in [0.2, 0.25) is 0 Å². The average molecular weight is 251 g/mol. The minimum absolute atomic E-state index is 0.0394. The van der Waals surface area contributed by atoms with Gasteiger partial charge < -0.3 is 9.84 Å². The summed E-state index contributed by atoms with van der Waals surface area (Å²) >= 11 is 0. The van der Waals surface area contributed by atoms with Crippen molar-refractivity contribution in [2.45, 2.75) is 71.3 Å². The zero-order valence-corrected chi connectivity index (χ0v) is 12.0. The third-order valence-electron chi connectivity index (χ3n) is 3.65. The quantitative estimate of drug-likeness (QED) is 0.883. The first kappa shape index (κ1) is 13.4. The molecule has 0 saturated heterocycles. The highest BCUT2D eigenvalue weighted by Gasteiger charge is 2.26. The molecule has 0 amide bonds. The van der Waals surface area contributed by atoms with Crippen molar-refractivity contribution in [3.63, 3.8) is 0 Å². The lowest BCUT2D eigenvalue weighted by atomic mass is 9.80. The van der Waals surface area contributed by atoms with E-state index in [-0.39, 0.29) is 5.54 Å². The van der Waals surface area contributed by atoms with Crippen molar-refractivity contribution in [2.75, 3.05) is 5.32 Å². The molecule has 2 unspecified atom stereocenters. The summed E-state index contributed by atoms with van der Waals surface area (Å²) in [4.78, 5) is 4.50. The molecule has 4 heteroatoms. The van der Waals surface area contributed by atoms with Crippen molar-refractivity contribution in [2.24, 2.45) is 5.92 Å². The molecule has 1 heterocycles. The summed E-state index contributed by atoms with van der Waals surface area (Å²) in [5.74, 6) is 2.21. The van der Waals surface area contributed by atoms with Crippen molar-refractivity contribution in [1.29, 1.82) is 0 Å². The summed E-state index contributed by atoms with van der Waals surface area (Å²) in [6, 6.07) is 0.552. The van der Waals surface area contributed by atoms with Gasteiger partial charge >= 0.3 is 6.01 Å². The van der Waals surface area contributed by atoms with Crippen molar-refractivity contribution >= 4 is 6.01 Å². The number of hydrogen-bond acceptors (Lipinski definition) is 4. The maximum atomic E-state index is 5.29. The van der Waals surface area contributed by atoms with E-state index in [0.29, 0.717) is 11.9 Å². The van der Waals surface area contributed by atoms with Crippen LogP contribution < -0.4 is 5.32 Å². The fraction of sp³-hybridized carbons (Fsp3) is 0.857. The molecule has 0 radical (unpaired) electrons. The van der Waals surface area contributed by atoms with E-state index in [9.17, 15) is 0 Å². The predicted octanol–water partition coefficient (Wildman–Crippen LogP) is 3.96. The van der Waals surface area contributed by atoms with Gasteiger partial charge in [0.1, 0.15) is 0 Å². The second-order valence-corrected chi connectivity index (χ2v) is 6.47. The fourth-order valence-electron chi connectivity index (χ4n) is 2.67. The lowest BCUT2D eigenvalue weighted by molar-refractivity contribution is 0.300. The molecule has 0 spiro atoms. The summed E-state index contributed by atoms with van der Waals surface area (Å²) in [7, 11) is 0. The Morgan fingerprint density at radius 1 is 1.33 bits per heavy atom. The highest BCUT2D eigenvalue weighted by Crippen LogP contribution is 2.36. The van der Waals surface area contributed by atoms with E-state index in [4.69, 9.17) is 4.52 Å². The van der Waals surface area contributed by atoms with Gasteiger partial charge in [-0.05, 0) is 39.5 Å². The number of anilines is 1. The summed E-state index contributed by atoms with van der Waals surface area (Å²) < 4.78 is 5.29. The summed E-state index contributed by atoms with van der Waals surface area (Å²) in [6.45, 7) is 8.54. The van der Waals surface area contributed by atoms with Crippen molar-refractivity contribution in [3.05, 3.63) is 5.82 Å². The molecule has 2 rings (SSSR count). The molecule has 0 aromatic carbocycles. The first-order chi connectivity index (χ1) is 8.48. The summed E-state index contributed by atoms with van der Waals surface area (Å²) in [5, 5.41) is 7.37. The van der Waals surface area contributed by atoms with E-state index in [0.717, 1.165) is 11.7 Å². The Bertz CT molecular complexity index is 381. The largest absolute Gasteiger partial charge is 0.333 e. The molecule has 18 heavy (non-hydrogen) atoms. The second-order valence-electron chi connectivity index (χ2n) is 6.47. The molecule has 1 aliphatic rings. The van der Waals surface area contributed by atoms with Gasteiger partial charge in [-0.3, -0.25) is 0 Å². The molecule has 1 aliphatic carbocycles. The third-order valence-corrected chi connectivity index (χ3v) is 3.65. The number of rotatable bonds is 3. The van der Waals surface area contributed by atoms with Crippen molar-refractivity contribution < 1.29 is 4.52 Å². The highest BCUT2D eigenvalue weighted by atomic mass is 16.5. The Kier molecular flexibility index (Phi) is 3.93. The zero-order valence-electron chi connectivity index (χ0n) is 12.0. The molecule has 0 bridgehead atoms. The van der Waals surface area contributed by atoms with Crippen molar-refractivity contribution in [1.82, 2.24) is 10.1 Å². The van der Waals surface area contributed by atoms with E-state index in [1.165, 1.54) is 32.1 Å². The standard InChI is InChI=1S/C14H25N3O/c1-5-10-7-6-8-11(9-10)12-15-13(18-17-12)16-14(2,3)4/h10-11H,5-9H2,1-4H3,(H,15,16,17). The lowest BCUT2D eigenvalue weighted by Crippen LogP contribution is -2.26. The number of aromatic nitrogens is 2. The molecular formula is C14H25N3O. The van der Waals surface area contributed by atoms with Gasteiger partial charge in [0.25, 0.3) is 0 Å². The monoisotopic (exact) mass is 251 g/mol. The molecular weight excluding hydrogens is 226 g/mol. The van der Waals surface area contributed by atoms with Crippen LogP contribution in [-0.2, 0) is 0 Å². The van der Waals surface area contributed by atoms with Crippen LogP contribution in [0.1, 0.15) is 71.5 Å². The van der Waals surface area contributed by atoms with Gasteiger partial charge in [-0.1, -0.05) is 31.3 Å². The molecule has 1 aromatic rings. The van der Waals surface area contributed by atoms with Crippen LogP contribution in [0.3, 0.4) is 0 Å². The van der Waals surface area contributed by atoms with Crippen LogP contribution in [0.5, 0.6) is 0 Å². The predicted molar refractivity (Wildman–Crippen MR) is 72.7 cm³/mol. The van der Waals surface area contributed by atoms with Crippen molar-refractivity contribution in [3.8, 4) is 0 Å². The molecule has 0 aliphatic heterocycles. The molecule has 4 nitrogen and oxygen atoms in total. The van der Waals surface area contributed by atoms with Gasteiger partial charge in [-0.2, -0.15) is 4.98 Å². The van der Waals surface area contributed by atoms with Crippen LogP contribution in [0.15, 0.2) is 4.52 Å². The van der Waals surface area contributed by atoms with Crippen LogP contribution in [-0.4, -0.2) is 15.7 Å². The van der Waals surface area contributed by atoms with Crippen LogP contribution >= 0.6 is 0 Å². The van der Waals surface area contributed by atoms with Gasteiger partial charge in [0.15, 0.2) is 5.82 Å². The maximum Gasteiger partial charge on any atom is 0.321 e. The minimum Gasteiger partial charge on any atom is -0.333 e. The first-order valence-corrected chi connectivity index (χ1v) is 7.09. The topological polar surface area (TPSA) is 51.0 Å². The number of hydrogen-bond donors (Lipinski definition) is 1. The molecule has 1 aromatic heterocycles. The Balaban J connectivity index is 2.01. The zero-order chi connectivity index (χ0) is 13.2. The Morgan fingerprint density at radius 2 is 2.11 bits per heavy atom. The van der Waals surface area contributed by atoms with Crippen LogP contribution in [0, 0.1) is 5.92 Å². The second kappa shape index (κ2) is 5.29. The van der Waals surface area contributed by atoms with E-state index >= 15 is 0 Å². The van der Waals surface area contributed by atoms with Crippen LogP contribution in [0.25, 0.3) is 0 Å². The van der Waals surface area contributed by atoms with Gasteiger partial charge in [-0.25, -0.2) is 0 Å². The van der Waals surface area contributed by atoms with Gasteiger partial charge in [0.05, 0.1) is 0 Å². The molecule has 1 fully saturated rings. The maximum absolute atomic E-state index is 5.29. The van der Waals surface area contributed by atoms with E-state index in [1.54, 1.807) is 0 Å². The smallest absolute Gasteiger partial charge is 0.321 e. The highest BCUT2D eigenvalue weighted by molar-refractivity contribution is 5.23. The summed E-state index contributed by atoms with van der Waals surface area (Å²) in [6.07, 6.45) is 6.33. The Labute approximate surface area is 110 Å². The van der Waals surface area contributed by atoms with E-state index in [2.05, 4.69) is 43.2 Å². The molecule has 102 valence electrons. The van der Waals surface area contributed by atoms with Gasteiger partial charge in [0, 0.05) is 11.5 Å². The molecule has 1 N–H and O–H groups in total. The molecule has 1 saturated carbocycles. The number of nitrogens with one attached hydrogen (secondary N) is 1. The average Bonchev–Trinajstić information content (AvgIpc) is 2.75. The number of nitrogens with zero attached hydrogens (tertiary/aromatic N) is 2. The molecule has 2 atom stereocenters.